The number of hydrogen-bond donors (Lipinski definition) is 2. The molecule has 2 fully saturated rings. The predicted octanol–water partition coefficient (Wildman–Crippen LogP) is 3.46. The molecule has 3 rings (SSSR count). The van der Waals surface area contributed by atoms with Crippen molar-refractivity contribution in [2.24, 2.45) is 0 Å². The number of thioether (sulfide) groups is 1. The molecule has 1 aliphatic carbocycles. The molecule has 1 unspecified atom stereocenters. The van der Waals surface area contributed by atoms with E-state index in [0.717, 1.165) is 42.3 Å². The van der Waals surface area contributed by atoms with E-state index in [2.05, 4.69) is 10.6 Å². The minimum absolute atomic E-state index is 0. The molecule has 0 spiro atoms. The quantitative estimate of drug-likeness (QED) is 0.848. The third-order valence-corrected chi connectivity index (χ3v) is 5.28. The number of carbonyl (C=O) groups excluding carboxylic acids is 1. The fourth-order valence-electron chi connectivity index (χ4n) is 3.03. The van der Waals surface area contributed by atoms with E-state index in [9.17, 15) is 4.79 Å². The van der Waals surface area contributed by atoms with E-state index in [-0.39, 0.29) is 24.4 Å². The van der Waals surface area contributed by atoms with Crippen LogP contribution in [0.3, 0.4) is 0 Å². The van der Waals surface area contributed by atoms with Crippen molar-refractivity contribution in [1.82, 2.24) is 5.32 Å². The number of rotatable bonds is 5. The Morgan fingerprint density at radius 1 is 1.35 bits per heavy atom. The fourth-order valence-corrected chi connectivity index (χ4v) is 3.98. The van der Waals surface area contributed by atoms with Crippen LogP contribution in [0.2, 0.25) is 0 Å². The molecule has 0 bridgehead atoms. The zero-order chi connectivity index (χ0) is 15.2. The summed E-state index contributed by atoms with van der Waals surface area (Å²) in [6.07, 6.45) is 5.67. The Morgan fingerprint density at radius 3 is 2.91 bits per heavy atom. The molecule has 1 saturated carbocycles. The van der Waals surface area contributed by atoms with Crippen LogP contribution in [0.4, 0.5) is 5.69 Å². The van der Waals surface area contributed by atoms with Gasteiger partial charge in [0.15, 0.2) is 0 Å². The highest BCUT2D eigenvalue weighted by molar-refractivity contribution is 7.99. The molecule has 128 valence electrons. The van der Waals surface area contributed by atoms with E-state index in [1.165, 1.54) is 12.8 Å². The number of amides is 1. The molecule has 4 nitrogen and oxygen atoms in total. The molecule has 0 radical (unpaired) electrons. The second-order valence-electron chi connectivity index (χ2n) is 6.03. The molecule has 1 aromatic carbocycles. The Hall–Kier alpha value is -0.910. The van der Waals surface area contributed by atoms with Gasteiger partial charge in [-0.1, -0.05) is 6.07 Å². The van der Waals surface area contributed by atoms with Crippen LogP contribution >= 0.6 is 24.2 Å². The summed E-state index contributed by atoms with van der Waals surface area (Å²) in [4.78, 5) is 12.1. The summed E-state index contributed by atoms with van der Waals surface area (Å²) in [5.74, 6) is 3.07. The van der Waals surface area contributed by atoms with Gasteiger partial charge in [-0.15, -0.1) is 12.4 Å². The molecule has 1 amide bonds. The van der Waals surface area contributed by atoms with Crippen LogP contribution in [0.5, 0.6) is 5.75 Å². The van der Waals surface area contributed by atoms with Gasteiger partial charge in [-0.25, -0.2) is 0 Å². The van der Waals surface area contributed by atoms with Crippen molar-refractivity contribution >= 4 is 35.8 Å². The lowest BCUT2D eigenvalue weighted by Crippen LogP contribution is -2.39. The summed E-state index contributed by atoms with van der Waals surface area (Å²) >= 11 is 1.91. The number of ether oxygens (including phenoxy) is 1. The fraction of sp³-hybridized carbons (Fsp3) is 0.588. The maximum Gasteiger partial charge on any atom is 0.225 e. The predicted molar refractivity (Wildman–Crippen MR) is 98.9 cm³/mol. The topological polar surface area (TPSA) is 50.4 Å². The van der Waals surface area contributed by atoms with Gasteiger partial charge in [-0.2, -0.15) is 11.8 Å². The number of benzene rings is 1. The van der Waals surface area contributed by atoms with Crippen molar-refractivity contribution in [3.8, 4) is 5.75 Å². The number of halogens is 1. The van der Waals surface area contributed by atoms with Gasteiger partial charge in [-0.3, -0.25) is 4.79 Å². The third-order valence-electron chi connectivity index (χ3n) is 4.15. The van der Waals surface area contributed by atoms with Crippen LogP contribution in [0, 0.1) is 0 Å². The zero-order valence-electron chi connectivity index (χ0n) is 13.3. The summed E-state index contributed by atoms with van der Waals surface area (Å²) in [6.45, 7) is 0.993. The van der Waals surface area contributed by atoms with Crippen molar-refractivity contribution in [3.63, 3.8) is 0 Å². The van der Waals surface area contributed by atoms with Crippen LogP contribution in [0.25, 0.3) is 0 Å². The molecule has 1 atom stereocenters. The van der Waals surface area contributed by atoms with E-state index in [0.29, 0.717) is 12.5 Å². The minimum atomic E-state index is 0. The highest BCUT2D eigenvalue weighted by atomic mass is 35.5. The van der Waals surface area contributed by atoms with Crippen LogP contribution < -0.4 is 15.4 Å². The maximum absolute atomic E-state index is 12.1. The highest BCUT2D eigenvalue weighted by Gasteiger charge is 2.18. The van der Waals surface area contributed by atoms with Crippen molar-refractivity contribution in [2.75, 3.05) is 23.4 Å². The first-order chi connectivity index (χ1) is 10.8. The van der Waals surface area contributed by atoms with Crippen molar-refractivity contribution in [3.05, 3.63) is 24.3 Å². The number of carbonyl (C=O) groups is 1. The molecule has 1 aromatic rings. The van der Waals surface area contributed by atoms with E-state index < -0.39 is 0 Å². The Balaban J connectivity index is 0.00000192. The van der Waals surface area contributed by atoms with Gasteiger partial charge in [-0.05, 0) is 37.8 Å². The monoisotopic (exact) mass is 356 g/mol. The summed E-state index contributed by atoms with van der Waals surface area (Å²) in [6, 6.07) is 8.04. The van der Waals surface area contributed by atoms with Crippen molar-refractivity contribution < 1.29 is 9.53 Å². The molecular formula is C17H25ClN2O2S. The van der Waals surface area contributed by atoms with Gasteiger partial charge >= 0.3 is 0 Å². The number of nitrogens with one attached hydrogen (secondary N) is 2. The summed E-state index contributed by atoms with van der Waals surface area (Å²) in [5.41, 5.74) is 0.823. The SMILES string of the molecule is Cl.O=C(CC1CSCCN1)Nc1cccc(OC2CCCC2)c1. The first-order valence-electron chi connectivity index (χ1n) is 8.17. The van der Waals surface area contributed by atoms with Gasteiger partial charge in [0.2, 0.25) is 5.91 Å². The number of anilines is 1. The number of hydrogen-bond acceptors (Lipinski definition) is 4. The largest absolute Gasteiger partial charge is 0.490 e. The van der Waals surface area contributed by atoms with Crippen LogP contribution in [0.1, 0.15) is 32.1 Å². The molecular weight excluding hydrogens is 332 g/mol. The zero-order valence-corrected chi connectivity index (χ0v) is 14.9. The molecule has 2 aliphatic rings. The average Bonchev–Trinajstić information content (AvgIpc) is 3.01. The lowest BCUT2D eigenvalue weighted by molar-refractivity contribution is -0.116. The molecule has 6 heteroatoms. The molecule has 2 N–H and O–H groups in total. The Morgan fingerprint density at radius 2 is 2.17 bits per heavy atom. The normalized spacial score (nSPS) is 21.5. The van der Waals surface area contributed by atoms with Gasteiger partial charge < -0.3 is 15.4 Å². The smallest absolute Gasteiger partial charge is 0.225 e. The van der Waals surface area contributed by atoms with Gasteiger partial charge in [0.25, 0.3) is 0 Å². The third kappa shape index (κ3) is 5.90. The molecule has 0 aromatic heterocycles. The Labute approximate surface area is 148 Å². The van der Waals surface area contributed by atoms with E-state index in [1.807, 2.05) is 36.0 Å². The van der Waals surface area contributed by atoms with Crippen molar-refractivity contribution in [1.29, 1.82) is 0 Å². The first-order valence-corrected chi connectivity index (χ1v) is 9.33. The van der Waals surface area contributed by atoms with Crippen LogP contribution in [-0.4, -0.2) is 36.1 Å². The van der Waals surface area contributed by atoms with Gasteiger partial charge in [0.1, 0.15) is 5.75 Å². The molecule has 1 heterocycles. The first kappa shape index (κ1) is 18.4. The molecule has 1 saturated heterocycles. The minimum Gasteiger partial charge on any atom is -0.490 e. The summed E-state index contributed by atoms with van der Waals surface area (Å²) in [5, 5.41) is 6.38. The Bertz CT molecular complexity index is 503. The average molecular weight is 357 g/mol. The lowest BCUT2D eigenvalue weighted by atomic mass is 10.2. The second-order valence-corrected chi connectivity index (χ2v) is 7.18. The van der Waals surface area contributed by atoms with Crippen LogP contribution in [-0.2, 0) is 4.79 Å². The maximum atomic E-state index is 12.1. The lowest BCUT2D eigenvalue weighted by Gasteiger charge is -2.22. The summed E-state index contributed by atoms with van der Waals surface area (Å²) < 4.78 is 5.98. The van der Waals surface area contributed by atoms with Crippen LogP contribution in [0.15, 0.2) is 24.3 Å². The van der Waals surface area contributed by atoms with Crippen molar-refractivity contribution in [2.45, 2.75) is 44.2 Å². The second kappa shape index (κ2) is 9.40. The van der Waals surface area contributed by atoms with E-state index >= 15 is 0 Å². The molecule has 1 aliphatic heterocycles. The standard InChI is InChI=1S/C17H24N2O2S.ClH/c20-17(11-14-12-22-9-8-18-14)19-13-4-3-7-16(10-13)21-15-5-1-2-6-15;/h3-4,7,10,14-15,18H,1-2,5-6,8-9,11-12H2,(H,19,20);1H. The summed E-state index contributed by atoms with van der Waals surface area (Å²) in [7, 11) is 0. The molecule has 23 heavy (non-hydrogen) atoms. The highest BCUT2D eigenvalue weighted by Crippen LogP contribution is 2.25. The Kier molecular flexibility index (Phi) is 7.53. The van der Waals surface area contributed by atoms with E-state index in [1.54, 1.807) is 0 Å². The van der Waals surface area contributed by atoms with Gasteiger partial charge in [0, 0.05) is 42.3 Å². The van der Waals surface area contributed by atoms with E-state index in [4.69, 9.17) is 4.74 Å². The van der Waals surface area contributed by atoms with Gasteiger partial charge in [0.05, 0.1) is 6.10 Å².